The highest BCUT2D eigenvalue weighted by molar-refractivity contribution is 5.96. The Bertz CT molecular complexity index is 706. The van der Waals surface area contributed by atoms with E-state index in [0.717, 1.165) is 18.4 Å². The SMILES string of the molecule is Cc1ccc(-c2cc(C(=O)NC3CCCCNC3=O)[nH]n2)cc1. The molecule has 6 heteroatoms. The molecule has 0 radical (unpaired) electrons. The Labute approximate surface area is 134 Å². The van der Waals surface area contributed by atoms with Gasteiger partial charge in [0.05, 0.1) is 5.69 Å². The number of aryl methyl sites for hydroxylation is 1. The van der Waals surface area contributed by atoms with Crippen molar-refractivity contribution in [2.45, 2.75) is 32.2 Å². The first kappa shape index (κ1) is 15.3. The normalized spacial score (nSPS) is 18.1. The minimum Gasteiger partial charge on any atom is -0.354 e. The topological polar surface area (TPSA) is 86.9 Å². The van der Waals surface area contributed by atoms with Crippen LogP contribution in [0.25, 0.3) is 11.3 Å². The van der Waals surface area contributed by atoms with Gasteiger partial charge in [0.1, 0.15) is 11.7 Å². The van der Waals surface area contributed by atoms with Gasteiger partial charge in [-0.05, 0) is 32.3 Å². The highest BCUT2D eigenvalue weighted by Gasteiger charge is 2.23. The van der Waals surface area contributed by atoms with E-state index >= 15 is 0 Å². The largest absolute Gasteiger partial charge is 0.354 e. The molecular formula is C17H20N4O2. The molecule has 1 aliphatic heterocycles. The molecule has 2 amide bonds. The lowest BCUT2D eigenvalue weighted by atomic mass is 10.1. The molecule has 6 nitrogen and oxygen atoms in total. The molecule has 23 heavy (non-hydrogen) atoms. The van der Waals surface area contributed by atoms with Crippen molar-refractivity contribution >= 4 is 11.8 Å². The fourth-order valence-electron chi connectivity index (χ4n) is 2.62. The molecule has 1 aromatic heterocycles. The van der Waals surface area contributed by atoms with Gasteiger partial charge in [0, 0.05) is 12.1 Å². The Balaban J connectivity index is 1.70. The van der Waals surface area contributed by atoms with E-state index in [1.807, 2.05) is 31.2 Å². The van der Waals surface area contributed by atoms with Crippen LogP contribution in [-0.2, 0) is 4.79 Å². The number of H-pyrrole nitrogens is 1. The average molecular weight is 312 g/mol. The van der Waals surface area contributed by atoms with Crippen LogP contribution in [0, 0.1) is 6.92 Å². The molecule has 0 bridgehead atoms. The van der Waals surface area contributed by atoms with Crippen molar-refractivity contribution in [1.29, 1.82) is 0 Å². The molecule has 3 N–H and O–H groups in total. The molecular weight excluding hydrogens is 292 g/mol. The van der Waals surface area contributed by atoms with Crippen LogP contribution >= 0.6 is 0 Å². The minimum atomic E-state index is -0.476. The number of aromatic amines is 1. The zero-order valence-electron chi connectivity index (χ0n) is 13.1. The summed E-state index contributed by atoms with van der Waals surface area (Å²) in [5, 5.41) is 12.5. The van der Waals surface area contributed by atoms with Gasteiger partial charge in [0.15, 0.2) is 0 Å². The Morgan fingerprint density at radius 3 is 2.83 bits per heavy atom. The summed E-state index contributed by atoms with van der Waals surface area (Å²) >= 11 is 0. The van der Waals surface area contributed by atoms with E-state index in [1.165, 1.54) is 5.56 Å². The number of hydrogen-bond donors (Lipinski definition) is 3. The van der Waals surface area contributed by atoms with E-state index in [0.29, 0.717) is 24.4 Å². The number of rotatable bonds is 3. The van der Waals surface area contributed by atoms with E-state index in [1.54, 1.807) is 6.07 Å². The number of nitrogens with one attached hydrogen (secondary N) is 3. The van der Waals surface area contributed by atoms with Crippen molar-refractivity contribution in [1.82, 2.24) is 20.8 Å². The van der Waals surface area contributed by atoms with Crippen LogP contribution < -0.4 is 10.6 Å². The van der Waals surface area contributed by atoms with Crippen molar-refractivity contribution in [2.75, 3.05) is 6.54 Å². The molecule has 120 valence electrons. The van der Waals surface area contributed by atoms with Crippen LogP contribution in [0.5, 0.6) is 0 Å². The fourth-order valence-corrected chi connectivity index (χ4v) is 2.62. The van der Waals surface area contributed by atoms with Crippen LogP contribution in [-0.4, -0.2) is 34.6 Å². The second kappa shape index (κ2) is 6.64. The van der Waals surface area contributed by atoms with Crippen molar-refractivity contribution in [3.05, 3.63) is 41.6 Å². The summed E-state index contributed by atoms with van der Waals surface area (Å²) in [6.45, 7) is 2.69. The average Bonchev–Trinajstić information content (AvgIpc) is 2.95. The van der Waals surface area contributed by atoms with Crippen LogP contribution in [0.1, 0.15) is 35.3 Å². The Kier molecular flexibility index (Phi) is 4.41. The van der Waals surface area contributed by atoms with E-state index in [2.05, 4.69) is 20.8 Å². The van der Waals surface area contributed by atoms with Gasteiger partial charge in [-0.25, -0.2) is 0 Å². The quantitative estimate of drug-likeness (QED) is 0.807. The van der Waals surface area contributed by atoms with Gasteiger partial charge in [-0.2, -0.15) is 5.10 Å². The lowest BCUT2D eigenvalue weighted by Gasteiger charge is -2.14. The third-order valence-electron chi connectivity index (χ3n) is 4.01. The van der Waals surface area contributed by atoms with Crippen LogP contribution in [0.2, 0.25) is 0 Å². The zero-order chi connectivity index (χ0) is 16.2. The number of carbonyl (C=O) groups excluding carboxylic acids is 2. The van der Waals surface area contributed by atoms with E-state index in [4.69, 9.17) is 0 Å². The number of aromatic nitrogens is 2. The first-order valence-electron chi connectivity index (χ1n) is 7.84. The van der Waals surface area contributed by atoms with Crippen LogP contribution in [0.3, 0.4) is 0 Å². The maximum absolute atomic E-state index is 12.3. The monoisotopic (exact) mass is 312 g/mol. The smallest absolute Gasteiger partial charge is 0.269 e. The van der Waals surface area contributed by atoms with Gasteiger partial charge in [-0.3, -0.25) is 14.7 Å². The number of hydrogen-bond acceptors (Lipinski definition) is 3. The summed E-state index contributed by atoms with van der Waals surface area (Å²) in [7, 11) is 0. The molecule has 0 spiro atoms. The number of nitrogens with zero attached hydrogens (tertiary/aromatic N) is 1. The zero-order valence-corrected chi connectivity index (χ0v) is 13.1. The third-order valence-corrected chi connectivity index (χ3v) is 4.01. The molecule has 0 aliphatic carbocycles. The van der Waals surface area contributed by atoms with Gasteiger partial charge in [-0.15, -0.1) is 0 Å². The van der Waals surface area contributed by atoms with Gasteiger partial charge in [-0.1, -0.05) is 29.8 Å². The van der Waals surface area contributed by atoms with Crippen molar-refractivity contribution in [2.24, 2.45) is 0 Å². The summed E-state index contributed by atoms with van der Waals surface area (Å²) in [6.07, 6.45) is 2.53. The van der Waals surface area contributed by atoms with Crippen LogP contribution in [0.4, 0.5) is 0 Å². The Morgan fingerprint density at radius 2 is 2.04 bits per heavy atom. The number of benzene rings is 1. The second-order valence-corrected chi connectivity index (χ2v) is 5.85. The van der Waals surface area contributed by atoms with Gasteiger partial charge in [0.2, 0.25) is 5.91 Å². The van der Waals surface area contributed by atoms with E-state index in [9.17, 15) is 9.59 Å². The summed E-state index contributed by atoms with van der Waals surface area (Å²) < 4.78 is 0. The molecule has 1 unspecified atom stereocenters. The fraction of sp³-hybridized carbons (Fsp3) is 0.353. The van der Waals surface area contributed by atoms with Crippen LogP contribution in [0.15, 0.2) is 30.3 Å². The molecule has 1 fully saturated rings. The number of amides is 2. The van der Waals surface area contributed by atoms with Crippen molar-refractivity contribution in [3.8, 4) is 11.3 Å². The summed E-state index contributed by atoms with van der Waals surface area (Å²) in [5.74, 6) is -0.424. The standard InChI is InChI=1S/C17H20N4O2/c1-11-5-7-12(8-6-11)14-10-15(21-20-14)17(23)19-13-4-2-3-9-18-16(13)22/h5-8,10,13H,2-4,9H2,1H3,(H,18,22)(H,19,23)(H,20,21). The predicted molar refractivity (Wildman–Crippen MR) is 86.9 cm³/mol. The maximum atomic E-state index is 12.3. The Morgan fingerprint density at radius 1 is 1.26 bits per heavy atom. The third kappa shape index (κ3) is 3.59. The highest BCUT2D eigenvalue weighted by Crippen LogP contribution is 2.18. The first-order valence-corrected chi connectivity index (χ1v) is 7.84. The first-order chi connectivity index (χ1) is 11.1. The Hall–Kier alpha value is -2.63. The molecule has 3 rings (SSSR count). The van der Waals surface area contributed by atoms with Gasteiger partial charge >= 0.3 is 0 Å². The van der Waals surface area contributed by atoms with E-state index < -0.39 is 6.04 Å². The lowest BCUT2D eigenvalue weighted by Crippen LogP contribution is -2.45. The molecule has 2 aromatic rings. The summed E-state index contributed by atoms with van der Waals surface area (Å²) in [5.41, 5.74) is 3.18. The minimum absolute atomic E-state index is 0.117. The van der Waals surface area contributed by atoms with Crippen molar-refractivity contribution < 1.29 is 9.59 Å². The van der Waals surface area contributed by atoms with Gasteiger partial charge in [0.25, 0.3) is 5.91 Å². The molecule has 1 aliphatic rings. The summed E-state index contributed by atoms with van der Waals surface area (Å²) in [4.78, 5) is 24.2. The molecule has 2 heterocycles. The maximum Gasteiger partial charge on any atom is 0.269 e. The lowest BCUT2D eigenvalue weighted by molar-refractivity contribution is -0.122. The van der Waals surface area contributed by atoms with E-state index in [-0.39, 0.29) is 11.8 Å². The summed E-state index contributed by atoms with van der Waals surface area (Å²) in [6, 6.07) is 9.15. The molecule has 1 aromatic carbocycles. The highest BCUT2D eigenvalue weighted by atomic mass is 16.2. The van der Waals surface area contributed by atoms with Crippen molar-refractivity contribution in [3.63, 3.8) is 0 Å². The number of carbonyl (C=O) groups is 2. The second-order valence-electron chi connectivity index (χ2n) is 5.85. The predicted octanol–water partition coefficient (Wildman–Crippen LogP) is 1.78. The molecule has 1 saturated heterocycles. The molecule has 1 atom stereocenters. The van der Waals surface area contributed by atoms with Gasteiger partial charge < -0.3 is 10.6 Å². The molecule has 0 saturated carbocycles.